The summed E-state index contributed by atoms with van der Waals surface area (Å²) in [6, 6.07) is 14.6. The molecule has 0 radical (unpaired) electrons. The van der Waals surface area contributed by atoms with Gasteiger partial charge in [0.15, 0.2) is 0 Å². The predicted molar refractivity (Wildman–Crippen MR) is 127 cm³/mol. The Morgan fingerprint density at radius 1 is 0.972 bits per heavy atom. The molecule has 2 aromatic carbocycles. The number of rotatable bonds is 7. The number of carboxylic acid groups (broad SMARTS) is 1. The number of anilines is 2. The summed E-state index contributed by atoms with van der Waals surface area (Å²) in [7, 11) is 0. The molecule has 3 aromatic rings. The number of urea groups is 1. The molecule has 1 heterocycles. The van der Waals surface area contributed by atoms with Crippen LogP contribution in [-0.2, 0) is 21.3 Å². The third-order valence-corrected chi connectivity index (χ3v) is 6.08. The van der Waals surface area contributed by atoms with Gasteiger partial charge in [0.05, 0.1) is 11.2 Å². The average Bonchev–Trinajstić information content (AvgIpc) is 3.33. The van der Waals surface area contributed by atoms with Gasteiger partial charge in [-0.3, -0.25) is 5.32 Å². The van der Waals surface area contributed by atoms with Gasteiger partial charge in [0.2, 0.25) is 0 Å². The molecule has 1 saturated carbocycles. The van der Waals surface area contributed by atoms with E-state index in [9.17, 15) is 22.8 Å². The lowest BCUT2D eigenvalue weighted by Crippen LogP contribution is -2.28. The normalized spacial score (nSPS) is 14.9. The summed E-state index contributed by atoms with van der Waals surface area (Å²) in [5, 5.41) is 13.9. The second-order valence-corrected chi connectivity index (χ2v) is 8.55. The molecule has 0 bridgehead atoms. The van der Waals surface area contributed by atoms with E-state index in [1.54, 1.807) is 18.3 Å². The van der Waals surface area contributed by atoms with E-state index in [4.69, 9.17) is 9.84 Å². The Morgan fingerprint density at radius 3 is 2.28 bits per heavy atom. The number of carboxylic acids is 1. The van der Waals surface area contributed by atoms with Gasteiger partial charge < -0.3 is 15.2 Å². The standard InChI is InChI=1S/C26H24F3N3O4/c27-26(28,29)20-4-3-5-21(14-20)31-24(35)32-22-11-8-18(15-30-22)17-6-9-19(10-7-17)25(12-1-2-13-25)36-16-23(33)34/h3-11,14-15H,1-2,12-13,16H2,(H,33,34)(H2,30,31,32,35). The molecule has 1 aliphatic carbocycles. The van der Waals surface area contributed by atoms with Crippen LogP contribution in [0.3, 0.4) is 0 Å². The average molecular weight is 499 g/mol. The fourth-order valence-corrected chi connectivity index (χ4v) is 4.32. The van der Waals surface area contributed by atoms with E-state index in [0.29, 0.717) is 0 Å². The van der Waals surface area contributed by atoms with Crippen molar-refractivity contribution in [3.63, 3.8) is 0 Å². The fraction of sp³-hybridized carbons (Fsp3) is 0.269. The Hall–Kier alpha value is -3.92. The van der Waals surface area contributed by atoms with Gasteiger partial charge in [0.1, 0.15) is 12.4 Å². The highest BCUT2D eigenvalue weighted by atomic mass is 19.4. The first-order valence-electron chi connectivity index (χ1n) is 11.3. The number of ether oxygens (including phenoxy) is 1. The number of nitrogens with zero attached hydrogens (tertiary/aromatic N) is 1. The van der Waals surface area contributed by atoms with Crippen molar-refractivity contribution in [2.75, 3.05) is 17.2 Å². The van der Waals surface area contributed by atoms with Crippen LogP contribution in [0.15, 0.2) is 66.9 Å². The smallest absolute Gasteiger partial charge is 0.416 e. The molecular weight excluding hydrogens is 475 g/mol. The first kappa shape index (κ1) is 25.2. The van der Waals surface area contributed by atoms with Crippen LogP contribution in [0.4, 0.5) is 29.5 Å². The number of nitrogens with one attached hydrogen (secondary N) is 2. The molecule has 7 nitrogen and oxygen atoms in total. The fourth-order valence-electron chi connectivity index (χ4n) is 4.32. The summed E-state index contributed by atoms with van der Waals surface area (Å²) in [6.45, 7) is -0.346. The highest BCUT2D eigenvalue weighted by molar-refractivity contribution is 5.99. The molecule has 188 valence electrons. The molecule has 3 N–H and O–H groups in total. The number of alkyl halides is 3. The van der Waals surface area contributed by atoms with E-state index in [2.05, 4.69) is 15.6 Å². The Bertz CT molecular complexity index is 1220. The van der Waals surface area contributed by atoms with Gasteiger partial charge in [-0.05, 0) is 54.3 Å². The van der Waals surface area contributed by atoms with Crippen molar-refractivity contribution in [3.8, 4) is 11.1 Å². The largest absolute Gasteiger partial charge is 0.480 e. The number of amides is 2. The van der Waals surface area contributed by atoms with E-state index in [0.717, 1.165) is 54.5 Å². The summed E-state index contributed by atoms with van der Waals surface area (Å²) in [4.78, 5) is 27.4. The van der Waals surface area contributed by atoms with E-state index >= 15 is 0 Å². The summed E-state index contributed by atoms with van der Waals surface area (Å²) >= 11 is 0. The first-order valence-corrected chi connectivity index (χ1v) is 11.3. The third-order valence-electron chi connectivity index (χ3n) is 6.08. The lowest BCUT2D eigenvalue weighted by molar-refractivity contribution is -0.150. The van der Waals surface area contributed by atoms with Crippen LogP contribution in [0.2, 0.25) is 0 Å². The van der Waals surface area contributed by atoms with E-state index in [-0.39, 0.29) is 18.1 Å². The Labute approximate surface area is 205 Å². The summed E-state index contributed by atoms with van der Waals surface area (Å²) < 4.78 is 44.3. The van der Waals surface area contributed by atoms with Crippen LogP contribution in [0.1, 0.15) is 36.8 Å². The second-order valence-electron chi connectivity index (χ2n) is 8.55. The Morgan fingerprint density at radius 2 is 1.67 bits per heavy atom. The lowest BCUT2D eigenvalue weighted by atomic mass is 9.90. The Kier molecular flexibility index (Phi) is 7.25. The molecule has 0 saturated heterocycles. The van der Waals surface area contributed by atoms with E-state index in [1.165, 1.54) is 12.1 Å². The number of aromatic nitrogens is 1. The number of aliphatic carboxylic acids is 1. The summed E-state index contributed by atoms with van der Waals surface area (Å²) in [6.07, 6.45) is 0.546. The van der Waals surface area contributed by atoms with E-state index < -0.39 is 29.3 Å². The van der Waals surface area contributed by atoms with Crippen molar-refractivity contribution in [3.05, 3.63) is 78.0 Å². The zero-order chi connectivity index (χ0) is 25.8. The maximum absolute atomic E-state index is 12.8. The maximum atomic E-state index is 12.8. The quantitative estimate of drug-likeness (QED) is 0.355. The Balaban J connectivity index is 1.40. The third kappa shape index (κ3) is 6.01. The van der Waals surface area contributed by atoms with Gasteiger partial charge in [-0.1, -0.05) is 43.2 Å². The summed E-state index contributed by atoms with van der Waals surface area (Å²) in [5.74, 6) is -0.770. The number of carbonyl (C=O) groups is 2. The number of hydrogen-bond donors (Lipinski definition) is 3. The van der Waals surface area contributed by atoms with Crippen molar-refractivity contribution in [1.82, 2.24) is 4.98 Å². The van der Waals surface area contributed by atoms with Crippen LogP contribution in [-0.4, -0.2) is 28.7 Å². The summed E-state index contributed by atoms with van der Waals surface area (Å²) in [5.41, 5.74) is 1.15. The zero-order valence-electron chi connectivity index (χ0n) is 19.1. The molecular formula is C26H24F3N3O4. The monoisotopic (exact) mass is 499 g/mol. The van der Waals surface area contributed by atoms with Gasteiger partial charge in [-0.15, -0.1) is 0 Å². The molecule has 1 aromatic heterocycles. The van der Waals surface area contributed by atoms with Gasteiger partial charge in [0.25, 0.3) is 0 Å². The van der Waals surface area contributed by atoms with Gasteiger partial charge in [-0.2, -0.15) is 13.2 Å². The molecule has 36 heavy (non-hydrogen) atoms. The van der Waals surface area contributed by atoms with Crippen LogP contribution in [0, 0.1) is 0 Å². The minimum atomic E-state index is -4.51. The molecule has 1 fully saturated rings. The molecule has 0 spiro atoms. The number of hydrogen-bond acceptors (Lipinski definition) is 4. The van der Waals surface area contributed by atoms with Gasteiger partial charge >= 0.3 is 18.2 Å². The van der Waals surface area contributed by atoms with Crippen molar-refractivity contribution in [1.29, 1.82) is 0 Å². The van der Waals surface area contributed by atoms with Crippen LogP contribution < -0.4 is 10.6 Å². The molecule has 0 aliphatic heterocycles. The minimum absolute atomic E-state index is 0.00593. The molecule has 4 rings (SSSR count). The first-order chi connectivity index (χ1) is 17.1. The van der Waals surface area contributed by atoms with Gasteiger partial charge in [-0.25, -0.2) is 14.6 Å². The molecule has 1 aliphatic rings. The van der Waals surface area contributed by atoms with Crippen LogP contribution in [0.5, 0.6) is 0 Å². The maximum Gasteiger partial charge on any atom is 0.416 e. The van der Waals surface area contributed by atoms with E-state index in [1.807, 2.05) is 24.3 Å². The van der Waals surface area contributed by atoms with Crippen LogP contribution >= 0.6 is 0 Å². The zero-order valence-corrected chi connectivity index (χ0v) is 19.1. The number of benzene rings is 2. The molecule has 10 heteroatoms. The molecule has 0 unspecified atom stereocenters. The molecule has 2 amide bonds. The van der Waals surface area contributed by atoms with Crippen molar-refractivity contribution >= 4 is 23.5 Å². The highest BCUT2D eigenvalue weighted by Crippen LogP contribution is 2.42. The number of halogens is 3. The second kappa shape index (κ2) is 10.4. The SMILES string of the molecule is O=C(O)COC1(c2ccc(-c3ccc(NC(=O)Nc4cccc(C(F)(F)F)c4)nc3)cc2)CCCC1. The van der Waals surface area contributed by atoms with Gasteiger partial charge in [0, 0.05) is 17.4 Å². The minimum Gasteiger partial charge on any atom is -0.480 e. The van der Waals surface area contributed by atoms with Crippen molar-refractivity contribution < 1.29 is 32.6 Å². The lowest BCUT2D eigenvalue weighted by Gasteiger charge is -2.29. The number of carbonyl (C=O) groups excluding carboxylic acids is 1. The number of pyridine rings is 1. The van der Waals surface area contributed by atoms with Crippen molar-refractivity contribution in [2.45, 2.75) is 37.5 Å². The predicted octanol–water partition coefficient (Wildman–Crippen LogP) is 6.28. The topological polar surface area (TPSA) is 101 Å². The van der Waals surface area contributed by atoms with Crippen LogP contribution in [0.25, 0.3) is 11.1 Å². The highest BCUT2D eigenvalue weighted by Gasteiger charge is 2.37. The molecule has 0 atom stereocenters. The van der Waals surface area contributed by atoms with Crippen molar-refractivity contribution in [2.24, 2.45) is 0 Å².